The smallest absolute Gasteiger partial charge is 0.410 e. The van der Waals surface area contributed by atoms with Gasteiger partial charge in [-0.05, 0) is 44.6 Å². The van der Waals surface area contributed by atoms with E-state index in [1.54, 1.807) is 4.90 Å². The first kappa shape index (κ1) is 23.9. The molecule has 0 heterocycles. The molecule has 1 fully saturated rings. The third kappa shape index (κ3) is 8.53. The minimum atomic E-state index is -0.929. The number of benzene rings is 1. The second-order valence-corrected chi connectivity index (χ2v) is 7.93. The lowest BCUT2D eigenvalue weighted by Gasteiger charge is -2.33. The Balaban J connectivity index is 1.81. The predicted molar refractivity (Wildman–Crippen MR) is 114 cm³/mol. The number of amides is 2. The van der Waals surface area contributed by atoms with Gasteiger partial charge < -0.3 is 15.2 Å². The summed E-state index contributed by atoms with van der Waals surface area (Å²) in [4.78, 5) is 37.7. The topological polar surface area (TPSA) is 95.9 Å². The van der Waals surface area contributed by atoms with Crippen LogP contribution in [-0.4, -0.2) is 53.0 Å². The Morgan fingerprint density at radius 2 is 1.83 bits per heavy atom. The molecule has 1 aromatic carbocycles. The molecule has 2 amide bonds. The number of Topliss-reactive ketones (excluding diaryl/α,β-unsaturated/α-hetero) is 1. The van der Waals surface area contributed by atoms with Gasteiger partial charge in [-0.2, -0.15) is 0 Å². The van der Waals surface area contributed by atoms with Crippen molar-refractivity contribution in [3.63, 3.8) is 0 Å². The van der Waals surface area contributed by atoms with Crippen LogP contribution in [0.25, 0.3) is 0 Å². The number of rotatable bonds is 11. The first-order chi connectivity index (χ1) is 14.5. The molecule has 1 saturated carbocycles. The highest BCUT2D eigenvalue weighted by Gasteiger charge is 2.28. The Kier molecular flexibility index (Phi) is 10.3. The van der Waals surface area contributed by atoms with Crippen LogP contribution in [0.1, 0.15) is 63.9 Å². The summed E-state index contributed by atoms with van der Waals surface area (Å²) in [5, 5.41) is 12.3. The highest BCUT2D eigenvalue weighted by Crippen LogP contribution is 2.23. The summed E-state index contributed by atoms with van der Waals surface area (Å²) in [6.45, 7) is 1.97. The number of hydrogen-bond acceptors (Lipinski definition) is 5. The van der Waals surface area contributed by atoms with Gasteiger partial charge in [0.1, 0.15) is 19.3 Å². The van der Waals surface area contributed by atoms with Gasteiger partial charge in [0, 0.05) is 12.6 Å². The van der Waals surface area contributed by atoms with E-state index in [1.165, 1.54) is 6.92 Å². The van der Waals surface area contributed by atoms with Crippen molar-refractivity contribution in [2.24, 2.45) is 0 Å². The number of aliphatic hydroxyl groups excluding tert-OH is 1. The first-order valence-electron chi connectivity index (χ1n) is 10.9. The molecule has 0 saturated heterocycles. The maximum Gasteiger partial charge on any atom is 0.410 e. The maximum atomic E-state index is 12.7. The number of hydrogen-bond donors (Lipinski definition) is 2. The van der Waals surface area contributed by atoms with Gasteiger partial charge >= 0.3 is 6.09 Å². The number of ketones is 1. The molecule has 1 aromatic rings. The summed E-state index contributed by atoms with van der Waals surface area (Å²) in [5.41, 5.74) is 0.909. The summed E-state index contributed by atoms with van der Waals surface area (Å²) in [6.07, 6.45) is 5.35. The van der Waals surface area contributed by atoms with Crippen LogP contribution in [0.3, 0.4) is 0 Å². The van der Waals surface area contributed by atoms with Gasteiger partial charge in [0.15, 0.2) is 5.78 Å². The minimum absolute atomic E-state index is 0.0195. The zero-order chi connectivity index (χ0) is 21.8. The molecule has 166 valence electrons. The number of unbranched alkanes of at least 4 members (excludes halogenated alkanes) is 1. The van der Waals surface area contributed by atoms with E-state index < -0.39 is 12.2 Å². The fourth-order valence-corrected chi connectivity index (χ4v) is 3.64. The monoisotopic (exact) mass is 418 g/mol. The molecule has 0 bridgehead atoms. The first-order valence-corrected chi connectivity index (χ1v) is 10.9. The third-order valence-electron chi connectivity index (χ3n) is 5.46. The number of nitrogens with zero attached hydrogens (tertiary/aromatic N) is 1. The van der Waals surface area contributed by atoms with Crippen molar-refractivity contribution in [3.8, 4) is 0 Å². The summed E-state index contributed by atoms with van der Waals surface area (Å²) in [7, 11) is 0. The molecule has 0 spiro atoms. The van der Waals surface area contributed by atoms with Crippen LogP contribution in [0, 0.1) is 0 Å². The van der Waals surface area contributed by atoms with E-state index >= 15 is 0 Å². The molecule has 1 unspecified atom stereocenters. The number of nitrogens with one attached hydrogen (secondary N) is 1. The van der Waals surface area contributed by atoms with Crippen LogP contribution < -0.4 is 5.32 Å². The lowest BCUT2D eigenvalue weighted by atomic mass is 9.94. The Morgan fingerprint density at radius 3 is 2.50 bits per heavy atom. The van der Waals surface area contributed by atoms with E-state index in [4.69, 9.17) is 4.74 Å². The van der Waals surface area contributed by atoms with E-state index in [1.807, 2.05) is 30.3 Å². The van der Waals surface area contributed by atoms with Crippen molar-refractivity contribution in [2.75, 3.05) is 13.1 Å². The highest BCUT2D eigenvalue weighted by molar-refractivity contribution is 5.82. The molecule has 2 rings (SSSR count). The van der Waals surface area contributed by atoms with E-state index in [0.717, 1.165) is 37.7 Å². The summed E-state index contributed by atoms with van der Waals surface area (Å²) in [5.74, 6) is -0.458. The van der Waals surface area contributed by atoms with Crippen molar-refractivity contribution < 1.29 is 24.2 Å². The standard InChI is InChI=1S/C23H34N2O5/c1-18(26)21(27)14-8-9-15-24-22(28)16-25(20-12-6-3-7-13-20)23(29)30-17-19-10-4-2-5-11-19/h2,4-5,10-11,20-21,27H,3,6-9,12-17H2,1H3,(H,24,28). The quantitative estimate of drug-likeness (QED) is 0.538. The van der Waals surface area contributed by atoms with Crippen molar-refractivity contribution in [1.29, 1.82) is 0 Å². The number of carbonyl (C=O) groups excluding carboxylic acids is 3. The molecule has 0 aromatic heterocycles. The number of carbonyl (C=O) groups is 3. The molecule has 0 radical (unpaired) electrons. The molecule has 30 heavy (non-hydrogen) atoms. The molecule has 7 nitrogen and oxygen atoms in total. The van der Waals surface area contributed by atoms with E-state index in [-0.39, 0.29) is 30.9 Å². The van der Waals surface area contributed by atoms with Crippen LogP contribution >= 0.6 is 0 Å². The normalized spacial score (nSPS) is 15.3. The van der Waals surface area contributed by atoms with Crippen LogP contribution in [0.2, 0.25) is 0 Å². The molecular formula is C23H34N2O5. The largest absolute Gasteiger partial charge is 0.445 e. The lowest BCUT2D eigenvalue weighted by molar-refractivity contribution is -0.125. The molecule has 0 aliphatic heterocycles. The van der Waals surface area contributed by atoms with E-state index in [9.17, 15) is 19.5 Å². The highest BCUT2D eigenvalue weighted by atomic mass is 16.6. The maximum absolute atomic E-state index is 12.7. The molecule has 1 aliphatic carbocycles. The van der Waals surface area contributed by atoms with Crippen LogP contribution in [0.4, 0.5) is 4.79 Å². The molecular weight excluding hydrogens is 384 g/mol. The Bertz CT molecular complexity index is 673. The Morgan fingerprint density at radius 1 is 1.13 bits per heavy atom. The zero-order valence-corrected chi connectivity index (χ0v) is 17.8. The Labute approximate surface area is 178 Å². The van der Waals surface area contributed by atoms with Crippen LogP contribution in [0.15, 0.2) is 30.3 Å². The summed E-state index contributed by atoms with van der Waals surface area (Å²) >= 11 is 0. The summed E-state index contributed by atoms with van der Waals surface area (Å²) in [6, 6.07) is 9.52. The van der Waals surface area contributed by atoms with Crippen molar-refractivity contribution >= 4 is 17.8 Å². The van der Waals surface area contributed by atoms with Gasteiger partial charge in [-0.25, -0.2) is 4.79 Å². The molecule has 7 heteroatoms. The van der Waals surface area contributed by atoms with Gasteiger partial charge in [-0.15, -0.1) is 0 Å². The van der Waals surface area contributed by atoms with Gasteiger partial charge in [-0.1, -0.05) is 49.6 Å². The number of ether oxygens (including phenoxy) is 1. The minimum Gasteiger partial charge on any atom is -0.445 e. The molecule has 1 atom stereocenters. The average Bonchev–Trinajstić information content (AvgIpc) is 2.76. The van der Waals surface area contributed by atoms with Crippen LogP contribution in [-0.2, 0) is 20.9 Å². The van der Waals surface area contributed by atoms with Gasteiger partial charge in [0.05, 0.1) is 0 Å². The van der Waals surface area contributed by atoms with Crippen molar-refractivity contribution in [1.82, 2.24) is 10.2 Å². The third-order valence-corrected chi connectivity index (χ3v) is 5.46. The second kappa shape index (κ2) is 13.0. The van der Waals surface area contributed by atoms with Crippen LogP contribution in [0.5, 0.6) is 0 Å². The summed E-state index contributed by atoms with van der Waals surface area (Å²) < 4.78 is 5.48. The van der Waals surface area contributed by atoms with Gasteiger partial charge in [-0.3, -0.25) is 14.5 Å². The van der Waals surface area contributed by atoms with Gasteiger partial charge in [0.2, 0.25) is 5.91 Å². The Hall–Kier alpha value is -2.41. The fourth-order valence-electron chi connectivity index (χ4n) is 3.64. The van der Waals surface area contributed by atoms with Crippen molar-refractivity contribution in [2.45, 2.75) is 77.0 Å². The number of aliphatic hydroxyl groups is 1. The molecule has 2 N–H and O–H groups in total. The van der Waals surface area contributed by atoms with E-state index in [0.29, 0.717) is 25.8 Å². The van der Waals surface area contributed by atoms with E-state index in [2.05, 4.69) is 5.32 Å². The fraction of sp³-hybridized carbons (Fsp3) is 0.609. The molecule has 1 aliphatic rings. The lowest BCUT2D eigenvalue weighted by Crippen LogP contribution is -2.47. The average molecular weight is 419 g/mol. The predicted octanol–water partition coefficient (Wildman–Crippen LogP) is 3.19. The zero-order valence-electron chi connectivity index (χ0n) is 17.8. The second-order valence-electron chi connectivity index (χ2n) is 7.93. The van der Waals surface area contributed by atoms with Gasteiger partial charge in [0.25, 0.3) is 0 Å². The SMILES string of the molecule is CC(=O)C(O)CCCCNC(=O)CN(C(=O)OCc1ccccc1)C1CCCCC1. The van der Waals surface area contributed by atoms with Crippen molar-refractivity contribution in [3.05, 3.63) is 35.9 Å².